The largest absolute Gasteiger partial charge is 0.496 e. The first-order valence-corrected chi connectivity index (χ1v) is 16.5. The van der Waals surface area contributed by atoms with Gasteiger partial charge in [0, 0.05) is 69.8 Å². The topological polar surface area (TPSA) is 106 Å². The lowest BCUT2D eigenvalue weighted by molar-refractivity contribution is -0.171. The third-order valence-electron chi connectivity index (χ3n) is 9.40. The van der Waals surface area contributed by atoms with E-state index < -0.39 is 23.6 Å². The number of hydrogen-bond donors (Lipinski definition) is 0. The zero-order valence-corrected chi connectivity index (χ0v) is 30.8. The second kappa shape index (κ2) is 16.6. The van der Waals surface area contributed by atoms with Crippen molar-refractivity contribution in [2.24, 2.45) is 0 Å². The normalized spacial score (nSPS) is 18.2. The number of fused-ring (bicyclic) bond motifs is 1. The molecule has 0 spiro atoms. The number of carbonyl (C=O) groups is 2. The Morgan fingerprint density at radius 2 is 1.54 bits per heavy atom. The molecule has 2 aliphatic rings. The van der Waals surface area contributed by atoms with E-state index in [1.807, 2.05) is 36.4 Å². The monoisotopic (exact) mass is 763 g/mol. The van der Waals surface area contributed by atoms with Crippen LogP contribution in [0.4, 0.5) is 13.2 Å². The average molecular weight is 765 g/mol. The zero-order chi connectivity index (χ0) is 35.6. The highest BCUT2D eigenvalue weighted by molar-refractivity contribution is 5.87. The van der Waals surface area contributed by atoms with Crippen molar-refractivity contribution in [1.82, 2.24) is 34.9 Å². The predicted octanol–water partition coefficient (Wildman–Crippen LogP) is 5.40. The molecule has 6 rings (SSSR count). The lowest BCUT2D eigenvalue weighted by atomic mass is 9.81. The quantitative estimate of drug-likeness (QED) is 0.207. The molecule has 2 atom stereocenters. The van der Waals surface area contributed by atoms with E-state index in [0.29, 0.717) is 55.3 Å². The summed E-state index contributed by atoms with van der Waals surface area (Å²) >= 11 is 0. The number of halogens is 5. The van der Waals surface area contributed by atoms with Crippen molar-refractivity contribution in [2.75, 3.05) is 39.8 Å². The Kier molecular flexibility index (Phi) is 13.0. The van der Waals surface area contributed by atoms with Gasteiger partial charge in [-0.25, -0.2) is 0 Å². The Morgan fingerprint density at radius 3 is 2.12 bits per heavy atom. The first-order chi connectivity index (χ1) is 23.9. The summed E-state index contributed by atoms with van der Waals surface area (Å²) in [7, 11) is 1.52. The molecule has 1 amide bonds. The molecule has 3 aromatic carbocycles. The minimum atomic E-state index is -4.74. The number of esters is 1. The van der Waals surface area contributed by atoms with Crippen molar-refractivity contribution in [3.8, 4) is 11.4 Å². The van der Waals surface area contributed by atoms with E-state index >= 15 is 0 Å². The van der Waals surface area contributed by atoms with Crippen LogP contribution in [0.5, 0.6) is 5.75 Å². The highest BCUT2D eigenvalue weighted by Crippen LogP contribution is 2.37. The second-order valence-electron chi connectivity index (χ2n) is 13.2. The Bertz CT molecular complexity index is 1770. The number of piperazine rings is 2. The third kappa shape index (κ3) is 8.68. The number of carbonyl (C=O) groups excluding carboxylic acids is 2. The third-order valence-corrected chi connectivity index (χ3v) is 9.40. The van der Waals surface area contributed by atoms with Crippen molar-refractivity contribution in [3.05, 3.63) is 101 Å². The number of aromatic nitrogens is 4. The van der Waals surface area contributed by atoms with Gasteiger partial charge in [-0.05, 0) is 53.6 Å². The number of rotatable bonds is 9. The number of ether oxygens (including phenoxy) is 2. The summed E-state index contributed by atoms with van der Waals surface area (Å²) in [5.74, 6) is -1.52. The number of tetrazole rings is 1. The van der Waals surface area contributed by atoms with Crippen LogP contribution in [-0.4, -0.2) is 104 Å². The van der Waals surface area contributed by atoms with Crippen molar-refractivity contribution < 1.29 is 32.2 Å². The summed E-state index contributed by atoms with van der Waals surface area (Å²) < 4.78 is 52.9. The summed E-state index contributed by atoms with van der Waals surface area (Å²) in [5, 5.41) is 10.1. The lowest BCUT2D eigenvalue weighted by Crippen LogP contribution is -2.68. The van der Waals surface area contributed by atoms with Gasteiger partial charge in [0.15, 0.2) is 5.60 Å². The molecule has 280 valence electrons. The number of amides is 1. The molecule has 2 fully saturated rings. The van der Waals surface area contributed by atoms with Gasteiger partial charge in [0.2, 0.25) is 0 Å². The van der Waals surface area contributed by atoms with Crippen LogP contribution in [0.15, 0.2) is 78.9 Å². The fourth-order valence-electron chi connectivity index (χ4n) is 7.36. The van der Waals surface area contributed by atoms with Crippen LogP contribution in [0, 0.1) is 0 Å². The van der Waals surface area contributed by atoms with E-state index in [1.54, 1.807) is 30.9 Å². The molecule has 0 saturated carbocycles. The number of methoxy groups -OCH3 is 1. The number of nitrogens with zero attached hydrogens (tertiary/aromatic N) is 7. The maximum Gasteiger partial charge on any atom is 0.453 e. The Labute approximate surface area is 312 Å². The molecule has 3 heterocycles. The van der Waals surface area contributed by atoms with E-state index in [1.165, 1.54) is 20.1 Å². The molecule has 0 bridgehead atoms. The molecule has 2 saturated heterocycles. The molecule has 0 N–H and O–H groups in total. The van der Waals surface area contributed by atoms with Crippen LogP contribution in [-0.2, 0) is 27.0 Å². The molecular formula is C36H42Cl2F3N7O4. The summed E-state index contributed by atoms with van der Waals surface area (Å²) in [6.07, 6.45) is -4.74. The smallest absolute Gasteiger partial charge is 0.453 e. The molecule has 0 radical (unpaired) electrons. The highest BCUT2D eigenvalue weighted by Gasteiger charge is 2.45. The summed E-state index contributed by atoms with van der Waals surface area (Å²) in [6, 6.07) is 25.2. The molecule has 0 unspecified atom stereocenters. The standard InChI is InChI=1S/C36H40F3N7O4.2ClH/c1-24(47)50-35(2,3)34(48)44-17-18-45-29(22-44)21-43(23-30(45)32(25-11-7-5-8-12-25)26-13-9-6-10-14-26)20-27-19-28(15-16-31(27)49-4)46-33(36(37,38)39)40-41-42-46;;/h5-16,19,29-30,32H,17-18,20-23H2,1-4H3;2*1H/t29-,30+;;/m1../s1. The van der Waals surface area contributed by atoms with Gasteiger partial charge in [0.25, 0.3) is 11.7 Å². The Balaban J connectivity index is 0.00000302. The molecule has 16 heteroatoms. The van der Waals surface area contributed by atoms with Gasteiger partial charge in [-0.2, -0.15) is 17.9 Å². The number of benzene rings is 3. The number of alkyl halides is 3. The second-order valence-corrected chi connectivity index (χ2v) is 13.2. The lowest BCUT2D eigenvalue weighted by Gasteiger charge is -2.54. The van der Waals surface area contributed by atoms with Gasteiger partial charge in [0.1, 0.15) is 5.75 Å². The maximum atomic E-state index is 13.7. The van der Waals surface area contributed by atoms with Crippen molar-refractivity contribution in [3.63, 3.8) is 0 Å². The number of hydrogen-bond acceptors (Lipinski definition) is 9. The predicted molar refractivity (Wildman–Crippen MR) is 192 cm³/mol. The minimum Gasteiger partial charge on any atom is -0.496 e. The van der Waals surface area contributed by atoms with E-state index in [-0.39, 0.29) is 54.4 Å². The maximum absolute atomic E-state index is 13.7. The van der Waals surface area contributed by atoms with Crippen LogP contribution < -0.4 is 4.74 Å². The van der Waals surface area contributed by atoms with Gasteiger partial charge in [-0.1, -0.05) is 60.7 Å². The molecule has 2 aliphatic heterocycles. The summed E-state index contributed by atoms with van der Waals surface area (Å²) in [5.41, 5.74) is 1.80. The van der Waals surface area contributed by atoms with Crippen LogP contribution >= 0.6 is 24.8 Å². The zero-order valence-electron chi connectivity index (χ0n) is 29.2. The highest BCUT2D eigenvalue weighted by atomic mass is 35.5. The molecular weight excluding hydrogens is 722 g/mol. The van der Waals surface area contributed by atoms with E-state index in [0.717, 1.165) is 11.1 Å². The van der Waals surface area contributed by atoms with Crippen LogP contribution in [0.2, 0.25) is 0 Å². The summed E-state index contributed by atoms with van der Waals surface area (Å²) in [6.45, 7) is 7.53. The Hall–Kier alpha value is -4.24. The van der Waals surface area contributed by atoms with Gasteiger partial charge < -0.3 is 14.4 Å². The molecule has 0 aliphatic carbocycles. The fraction of sp³-hybridized carbons (Fsp3) is 0.417. The fourth-order valence-corrected chi connectivity index (χ4v) is 7.36. The van der Waals surface area contributed by atoms with E-state index in [2.05, 4.69) is 49.6 Å². The van der Waals surface area contributed by atoms with E-state index in [4.69, 9.17) is 9.47 Å². The molecule has 1 aromatic heterocycles. The SMILES string of the molecule is COc1ccc(-n2nnnc2C(F)(F)F)cc1CN1C[C@@H]2CN(C(=O)C(C)(C)OC(C)=O)CCN2[C@H](C(c2ccccc2)c2ccccc2)C1.Cl.Cl. The van der Waals surface area contributed by atoms with Crippen LogP contribution in [0.1, 0.15) is 49.2 Å². The van der Waals surface area contributed by atoms with Crippen molar-refractivity contribution in [1.29, 1.82) is 0 Å². The van der Waals surface area contributed by atoms with Crippen molar-refractivity contribution >= 4 is 36.7 Å². The van der Waals surface area contributed by atoms with Gasteiger partial charge in [0.05, 0.1) is 12.8 Å². The van der Waals surface area contributed by atoms with Gasteiger partial charge in [-0.15, -0.1) is 29.9 Å². The van der Waals surface area contributed by atoms with Crippen LogP contribution in [0.25, 0.3) is 5.69 Å². The van der Waals surface area contributed by atoms with Crippen LogP contribution in [0.3, 0.4) is 0 Å². The average Bonchev–Trinajstić information content (AvgIpc) is 3.60. The molecule has 4 aromatic rings. The minimum absolute atomic E-state index is 0. The van der Waals surface area contributed by atoms with E-state index in [9.17, 15) is 22.8 Å². The first kappa shape index (κ1) is 40.5. The summed E-state index contributed by atoms with van der Waals surface area (Å²) in [4.78, 5) is 32.0. The molecule has 52 heavy (non-hydrogen) atoms. The Morgan fingerprint density at radius 1 is 0.904 bits per heavy atom. The van der Waals surface area contributed by atoms with Crippen molar-refractivity contribution in [2.45, 2.75) is 57.1 Å². The van der Waals surface area contributed by atoms with Gasteiger partial charge >= 0.3 is 12.1 Å². The van der Waals surface area contributed by atoms with Gasteiger partial charge in [-0.3, -0.25) is 19.4 Å². The first-order valence-electron chi connectivity index (χ1n) is 16.5. The molecule has 11 nitrogen and oxygen atoms in total.